The van der Waals surface area contributed by atoms with Crippen LogP contribution in [0.4, 0.5) is 0 Å². The van der Waals surface area contributed by atoms with Crippen LogP contribution in [0.25, 0.3) is 0 Å². The molecule has 0 N–H and O–H groups in total. The first-order valence-electron chi connectivity index (χ1n) is 6.35. The third-order valence-corrected chi connectivity index (χ3v) is 3.81. The Morgan fingerprint density at radius 3 is 2.56 bits per heavy atom. The number of ketones is 1. The summed E-state index contributed by atoms with van der Waals surface area (Å²) in [5.41, 5.74) is 0.887. The molecule has 0 heterocycles. The molecule has 3 atom stereocenters. The molecule has 1 heteroatoms. The maximum absolute atomic E-state index is 12.2. The second-order valence-electron chi connectivity index (χ2n) is 4.92. The van der Waals surface area contributed by atoms with Crippen molar-refractivity contribution in [3.05, 3.63) is 35.9 Å². The summed E-state index contributed by atoms with van der Waals surface area (Å²) in [6.07, 6.45) is 3.71. The number of carbonyl (C=O) groups is 1. The fourth-order valence-corrected chi connectivity index (χ4v) is 2.66. The first-order chi connectivity index (χ1) is 7.75. The number of carbonyl (C=O) groups excluding carboxylic acids is 1. The van der Waals surface area contributed by atoms with E-state index in [1.807, 2.05) is 30.3 Å². The van der Waals surface area contributed by atoms with Crippen molar-refractivity contribution in [1.29, 1.82) is 0 Å². The van der Waals surface area contributed by atoms with Crippen LogP contribution in [-0.2, 0) is 0 Å². The topological polar surface area (TPSA) is 17.1 Å². The summed E-state index contributed by atoms with van der Waals surface area (Å²) in [5.74, 6) is 1.90. The fraction of sp³-hybridized carbons (Fsp3) is 0.533. The van der Waals surface area contributed by atoms with E-state index in [0.717, 1.165) is 5.56 Å². The smallest absolute Gasteiger partial charge is 0.166 e. The molecular weight excluding hydrogens is 196 g/mol. The van der Waals surface area contributed by atoms with Crippen molar-refractivity contribution in [3.63, 3.8) is 0 Å². The number of unbranched alkanes of at least 4 members (excludes halogenated alkanes) is 1. The zero-order valence-electron chi connectivity index (χ0n) is 10.1. The molecule has 0 aromatic heterocycles. The second-order valence-corrected chi connectivity index (χ2v) is 4.92. The fourth-order valence-electron chi connectivity index (χ4n) is 2.66. The minimum Gasteiger partial charge on any atom is -0.294 e. The van der Waals surface area contributed by atoms with Gasteiger partial charge in [-0.2, -0.15) is 0 Å². The lowest BCUT2D eigenvalue weighted by atomic mass is 10.0. The Morgan fingerprint density at radius 2 is 1.94 bits per heavy atom. The average Bonchev–Trinajstić information content (AvgIpc) is 2.97. The van der Waals surface area contributed by atoms with Crippen molar-refractivity contribution in [2.75, 3.05) is 0 Å². The van der Waals surface area contributed by atoms with E-state index < -0.39 is 0 Å². The summed E-state index contributed by atoms with van der Waals surface area (Å²) in [6, 6.07) is 9.72. The zero-order chi connectivity index (χ0) is 11.5. The standard InChI is InChI=1S/C15H20O/c1-3-4-10-13-11(2)14(13)15(16)12-8-6-5-7-9-12/h5-9,11,13-14H,3-4,10H2,1-2H3/t11-,13-,14-/m0/s1. The van der Waals surface area contributed by atoms with Crippen LogP contribution in [0.1, 0.15) is 43.5 Å². The molecule has 1 fully saturated rings. The van der Waals surface area contributed by atoms with Gasteiger partial charge in [0, 0.05) is 11.5 Å². The SMILES string of the molecule is CCCC[C@H]1[C@H](C)[C@@H]1C(=O)c1ccccc1. The molecule has 0 radical (unpaired) electrons. The quantitative estimate of drug-likeness (QED) is 0.681. The second kappa shape index (κ2) is 4.82. The number of hydrogen-bond acceptors (Lipinski definition) is 1. The molecule has 1 aliphatic rings. The highest BCUT2D eigenvalue weighted by Crippen LogP contribution is 2.50. The van der Waals surface area contributed by atoms with Gasteiger partial charge in [0.2, 0.25) is 0 Å². The molecular formula is C15H20O. The van der Waals surface area contributed by atoms with Gasteiger partial charge in [-0.1, -0.05) is 57.0 Å². The van der Waals surface area contributed by atoms with Crippen molar-refractivity contribution >= 4 is 5.78 Å². The molecule has 0 unspecified atom stereocenters. The summed E-state index contributed by atoms with van der Waals surface area (Å²) < 4.78 is 0. The zero-order valence-corrected chi connectivity index (χ0v) is 10.1. The highest BCUT2D eigenvalue weighted by atomic mass is 16.1. The molecule has 1 saturated carbocycles. The van der Waals surface area contributed by atoms with E-state index in [0.29, 0.717) is 23.5 Å². The highest BCUT2D eigenvalue weighted by molar-refractivity contribution is 5.99. The van der Waals surface area contributed by atoms with Crippen molar-refractivity contribution in [1.82, 2.24) is 0 Å². The molecule has 0 amide bonds. The molecule has 2 rings (SSSR count). The summed E-state index contributed by atoms with van der Waals surface area (Å²) in [4.78, 5) is 12.2. The first kappa shape index (κ1) is 11.4. The molecule has 0 saturated heterocycles. The van der Waals surface area contributed by atoms with E-state index >= 15 is 0 Å². The predicted octanol–water partition coefficient (Wildman–Crippen LogP) is 3.94. The maximum atomic E-state index is 12.2. The van der Waals surface area contributed by atoms with Gasteiger partial charge in [-0.25, -0.2) is 0 Å². The minimum absolute atomic E-state index is 0.300. The summed E-state index contributed by atoms with van der Waals surface area (Å²) in [7, 11) is 0. The van der Waals surface area contributed by atoms with E-state index in [2.05, 4.69) is 13.8 Å². The lowest BCUT2D eigenvalue weighted by Crippen LogP contribution is -2.03. The van der Waals surface area contributed by atoms with Crippen LogP contribution in [0.15, 0.2) is 30.3 Å². The monoisotopic (exact) mass is 216 g/mol. The van der Waals surface area contributed by atoms with Crippen LogP contribution >= 0.6 is 0 Å². The lowest BCUT2D eigenvalue weighted by molar-refractivity contribution is 0.0956. The van der Waals surface area contributed by atoms with Crippen molar-refractivity contribution < 1.29 is 4.79 Å². The Hall–Kier alpha value is -1.11. The van der Waals surface area contributed by atoms with E-state index in [1.54, 1.807) is 0 Å². The van der Waals surface area contributed by atoms with E-state index in [9.17, 15) is 4.79 Å². The molecule has 0 bridgehead atoms. The van der Waals surface area contributed by atoms with Gasteiger partial charge in [0.25, 0.3) is 0 Å². The number of hydrogen-bond donors (Lipinski definition) is 0. The highest BCUT2D eigenvalue weighted by Gasteiger charge is 2.50. The van der Waals surface area contributed by atoms with Crippen molar-refractivity contribution in [3.8, 4) is 0 Å². The van der Waals surface area contributed by atoms with Gasteiger partial charge in [0.15, 0.2) is 5.78 Å². The van der Waals surface area contributed by atoms with Crippen molar-refractivity contribution in [2.24, 2.45) is 17.8 Å². The molecule has 1 aromatic carbocycles. The van der Waals surface area contributed by atoms with Gasteiger partial charge in [0.05, 0.1) is 0 Å². The third kappa shape index (κ3) is 2.18. The summed E-state index contributed by atoms with van der Waals surface area (Å²) in [5, 5.41) is 0. The Labute approximate surface area is 97.9 Å². The van der Waals surface area contributed by atoms with Crippen LogP contribution in [-0.4, -0.2) is 5.78 Å². The van der Waals surface area contributed by atoms with Gasteiger partial charge in [-0.05, 0) is 18.3 Å². The third-order valence-electron chi connectivity index (χ3n) is 3.81. The van der Waals surface area contributed by atoms with E-state index in [1.165, 1.54) is 19.3 Å². The Bertz CT molecular complexity index is 355. The first-order valence-corrected chi connectivity index (χ1v) is 6.35. The maximum Gasteiger partial charge on any atom is 0.166 e. The van der Waals surface area contributed by atoms with Gasteiger partial charge in [-0.15, -0.1) is 0 Å². The lowest BCUT2D eigenvalue weighted by Gasteiger charge is -1.99. The number of Topliss-reactive ketones (excluding diaryl/α,β-unsaturated/α-hetero) is 1. The molecule has 1 aliphatic carbocycles. The Kier molecular flexibility index (Phi) is 3.42. The van der Waals surface area contributed by atoms with Gasteiger partial charge < -0.3 is 0 Å². The predicted molar refractivity (Wildman–Crippen MR) is 66.4 cm³/mol. The van der Waals surface area contributed by atoms with Crippen LogP contribution < -0.4 is 0 Å². The minimum atomic E-state index is 0.300. The molecule has 0 aliphatic heterocycles. The van der Waals surface area contributed by atoms with Crippen molar-refractivity contribution in [2.45, 2.75) is 33.1 Å². The molecule has 1 nitrogen and oxygen atoms in total. The van der Waals surface area contributed by atoms with Crippen LogP contribution in [0.3, 0.4) is 0 Å². The molecule has 0 spiro atoms. The van der Waals surface area contributed by atoms with Crippen LogP contribution in [0, 0.1) is 17.8 Å². The van der Waals surface area contributed by atoms with Gasteiger partial charge in [-0.3, -0.25) is 4.79 Å². The number of benzene rings is 1. The van der Waals surface area contributed by atoms with Crippen LogP contribution in [0.5, 0.6) is 0 Å². The molecule has 16 heavy (non-hydrogen) atoms. The summed E-state index contributed by atoms with van der Waals surface area (Å²) in [6.45, 7) is 4.42. The van der Waals surface area contributed by atoms with E-state index in [4.69, 9.17) is 0 Å². The largest absolute Gasteiger partial charge is 0.294 e. The van der Waals surface area contributed by atoms with E-state index in [-0.39, 0.29) is 0 Å². The summed E-state index contributed by atoms with van der Waals surface area (Å²) >= 11 is 0. The average molecular weight is 216 g/mol. The normalized spacial score (nSPS) is 27.8. The Morgan fingerprint density at radius 1 is 1.25 bits per heavy atom. The number of rotatable bonds is 5. The van der Waals surface area contributed by atoms with Crippen LogP contribution in [0.2, 0.25) is 0 Å². The Balaban J connectivity index is 1.97. The van der Waals surface area contributed by atoms with Gasteiger partial charge in [0.1, 0.15) is 0 Å². The molecule has 86 valence electrons. The van der Waals surface area contributed by atoms with Gasteiger partial charge >= 0.3 is 0 Å². The molecule has 1 aromatic rings.